The van der Waals surface area contributed by atoms with Gasteiger partial charge in [0.1, 0.15) is 5.56 Å². The van der Waals surface area contributed by atoms with Gasteiger partial charge in [-0.2, -0.15) is 13.2 Å². The van der Waals surface area contributed by atoms with Crippen LogP contribution in [0.3, 0.4) is 0 Å². The first-order valence-electron chi connectivity index (χ1n) is 2.97. The Morgan fingerprint density at radius 2 is 2.09 bits per heavy atom. The molecule has 0 aliphatic rings. The van der Waals surface area contributed by atoms with Crippen molar-refractivity contribution in [3.05, 3.63) is 12.2 Å². The van der Waals surface area contributed by atoms with E-state index in [1.54, 1.807) is 6.92 Å². The molecule has 5 heteroatoms. The van der Waals surface area contributed by atoms with Gasteiger partial charge in [-0.25, -0.2) is 0 Å². The molecule has 0 spiro atoms. The van der Waals surface area contributed by atoms with Crippen molar-refractivity contribution in [1.29, 1.82) is 0 Å². The van der Waals surface area contributed by atoms with Crippen LogP contribution < -0.4 is 0 Å². The molecule has 0 aliphatic heterocycles. The molecule has 1 unspecified atom stereocenters. The Balaban J connectivity index is 3.73. The number of hydrogen-bond acceptors (Lipinski definition) is 1. The third-order valence-electron chi connectivity index (χ3n) is 0.762. The molecule has 0 aromatic heterocycles. The summed E-state index contributed by atoms with van der Waals surface area (Å²) in [6, 6.07) is 0. The summed E-state index contributed by atoms with van der Waals surface area (Å²) in [4.78, 5) is 0. The van der Waals surface area contributed by atoms with Gasteiger partial charge in [-0.1, -0.05) is 11.6 Å². The highest BCUT2D eigenvalue weighted by Gasteiger charge is 2.22. The normalized spacial score (nSPS) is 15.7. The van der Waals surface area contributed by atoms with Gasteiger partial charge in [0.15, 0.2) is 0 Å². The second-order valence-corrected chi connectivity index (χ2v) is 2.14. The fourth-order valence-corrected chi connectivity index (χ4v) is 0.598. The third-order valence-corrected chi connectivity index (χ3v) is 1.03. The summed E-state index contributed by atoms with van der Waals surface area (Å²) in [7, 11) is 0. The molecular weight excluding hydrogens is 181 g/mol. The second kappa shape index (κ2) is 4.62. The van der Waals surface area contributed by atoms with Crippen LogP contribution >= 0.6 is 11.6 Å². The van der Waals surface area contributed by atoms with Gasteiger partial charge in [-0.05, 0) is 13.0 Å². The first-order valence-corrected chi connectivity index (χ1v) is 3.41. The van der Waals surface area contributed by atoms with E-state index in [1.807, 2.05) is 0 Å². The Morgan fingerprint density at radius 3 is 2.45 bits per heavy atom. The highest BCUT2D eigenvalue weighted by atomic mass is 35.5. The van der Waals surface area contributed by atoms with Gasteiger partial charge in [0.2, 0.25) is 0 Å². The van der Waals surface area contributed by atoms with Crippen molar-refractivity contribution in [1.82, 2.24) is 0 Å². The van der Waals surface area contributed by atoms with Crippen molar-refractivity contribution in [3.63, 3.8) is 0 Å². The minimum atomic E-state index is -4.32. The maximum atomic E-state index is 11.5. The molecule has 0 bridgehead atoms. The summed E-state index contributed by atoms with van der Waals surface area (Å²) >= 11 is 5.28. The molecule has 0 aromatic rings. The van der Waals surface area contributed by atoms with Gasteiger partial charge < -0.3 is 4.74 Å². The molecule has 0 aliphatic carbocycles. The van der Waals surface area contributed by atoms with E-state index in [-0.39, 0.29) is 12.7 Å². The molecule has 0 fully saturated rings. The lowest BCUT2D eigenvalue weighted by molar-refractivity contribution is -0.0805. The predicted molar refractivity (Wildman–Crippen MR) is 36.5 cm³/mol. The molecule has 0 aromatic carbocycles. The molecule has 0 radical (unpaired) electrons. The molecule has 0 saturated heterocycles. The lowest BCUT2D eigenvalue weighted by atomic mass is 10.5. The fraction of sp³-hybridized carbons (Fsp3) is 0.667. The largest absolute Gasteiger partial charge is 0.409 e. The maximum absolute atomic E-state index is 11.5. The molecule has 0 amide bonds. The van der Waals surface area contributed by atoms with E-state index < -0.39 is 11.7 Å². The monoisotopic (exact) mass is 188 g/mol. The molecule has 0 rings (SSSR count). The van der Waals surface area contributed by atoms with Gasteiger partial charge in [-0.15, -0.1) is 0 Å². The third kappa shape index (κ3) is 7.68. The smallest absolute Gasteiger partial charge is 0.359 e. The average Bonchev–Trinajstić information content (AvgIpc) is 1.83. The van der Waals surface area contributed by atoms with E-state index in [9.17, 15) is 13.2 Å². The van der Waals surface area contributed by atoms with E-state index in [1.165, 1.54) is 0 Å². The fourth-order valence-electron chi connectivity index (χ4n) is 0.400. The first-order chi connectivity index (χ1) is 4.95. The molecule has 0 heterocycles. The summed E-state index contributed by atoms with van der Waals surface area (Å²) in [5.74, 6) is 0. The number of halogens is 4. The summed E-state index contributed by atoms with van der Waals surface area (Å²) in [5, 5.41) is 0. The zero-order valence-electron chi connectivity index (χ0n) is 5.86. The summed E-state index contributed by atoms with van der Waals surface area (Å²) < 4.78 is 39.0. The van der Waals surface area contributed by atoms with Crippen LogP contribution in [0.5, 0.6) is 0 Å². The van der Waals surface area contributed by atoms with Gasteiger partial charge in [-0.3, -0.25) is 0 Å². The SMILES string of the molecule is CCOC(Cl)C=CC(F)(F)F. The van der Waals surface area contributed by atoms with Crippen molar-refractivity contribution in [2.75, 3.05) is 6.61 Å². The second-order valence-electron chi connectivity index (χ2n) is 1.71. The molecule has 0 saturated carbocycles. The van der Waals surface area contributed by atoms with Crippen LogP contribution in [-0.2, 0) is 4.74 Å². The van der Waals surface area contributed by atoms with Crippen molar-refractivity contribution in [2.24, 2.45) is 0 Å². The van der Waals surface area contributed by atoms with Gasteiger partial charge in [0, 0.05) is 12.7 Å². The minimum absolute atomic E-state index is 0.0559. The van der Waals surface area contributed by atoms with Crippen LogP contribution in [-0.4, -0.2) is 18.3 Å². The Hall–Kier alpha value is -0.220. The predicted octanol–water partition coefficient (Wildman–Crippen LogP) is 2.71. The zero-order valence-corrected chi connectivity index (χ0v) is 6.62. The standard InChI is InChI=1S/C6H8ClF3O/c1-2-11-5(7)3-4-6(8,9)10/h3-5H,2H2,1H3. The average molecular weight is 189 g/mol. The molecule has 1 nitrogen and oxygen atoms in total. The van der Waals surface area contributed by atoms with Crippen LogP contribution in [0.15, 0.2) is 12.2 Å². The Labute approximate surface area is 67.8 Å². The van der Waals surface area contributed by atoms with Gasteiger partial charge in [0.25, 0.3) is 0 Å². The topological polar surface area (TPSA) is 9.23 Å². The first kappa shape index (κ1) is 10.8. The lowest BCUT2D eigenvalue weighted by Crippen LogP contribution is -2.05. The van der Waals surface area contributed by atoms with E-state index in [0.717, 1.165) is 6.08 Å². The highest BCUT2D eigenvalue weighted by molar-refractivity contribution is 6.20. The summed E-state index contributed by atoms with van der Waals surface area (Å²) in [6.07, 6.45) is -3.50. The quantitative estimate of drug-likeness (QED) is 0.489. The Bertz CT molecular complexity index is 132. The van der Waals surface area contributed by atoms with Crippen LogP contribution in [0.4, 0.5) is 13.2 Å². The molecule has 11 heavy (non-hydrogen) atoms. The minimum Gasteiger partial charge on any atom is -0.359 e. The molecular formula is C6H8ClF3O. The number of alkyl halides is 4. The van der Waals surface area contributed by atoms with E-state index in [4.69, 9.17) is 11.6 Å². The Kier molecular flexibility index (Phi) is 4.52. The summed E-state index contributed by atoms with van der Waals surface area (Å²) in [5.41, 5.74) is -0.998. The summed E-state index contributed by atoms with van der Waals surface area (Å²) in [6.45, 7) is 1.94. The van der Waals surface area contributed by atoms with E-state index in [2.05, 4.69) is 4.74 Å². The number of hydrogen-bond donors (Lipinski definition) is 0. The number of rotatable bonds is 3. The lowest BCUT2D eigenvalue weighted by Gasteiger charge is -2.03. The molecule has 1 atom stereocenters. The van der Waals surface area contributed by atoms with Gasteiger partial charge >= 0.3 is 6.18 Å². The Morgan fingerprint density at radius 1 is 1.55 bits per heavy atom. The van der Waals surface area contributed by atoms with Gasteiger partial charge in [0.05, 0.1) is 0 Å². The van der Waals surface area contributed by atoms with Crippen molar-refractivity contribution >= 4 is 11.6 Å². The van der Waals surface area contributed by atoms with E-state index in [0.29, 0.717) is 0 Å². The molecule has 66 valence electrons. The van der Waals surface area contributed by atoms with Crippen LogP contribution in [0, 0.1) is 0 Å². The number of allylic oxidation sites excluding steroid dienone is 1. The highest BCUT2D eigenvalue weighted by Crippen LogP contribution is 2.17. The van der Waals surface area contributed by atoms with Crippen LogP contribution in [0.1, 0.15) is 6.92 Å². The van der Waals surface area contributed by atoms with Crippen molar-refractivity contribution in [2.45, 2.75) is 18.7 Å². The van der Waals surface area contributed by atoms with Crippen molar-refractivity contribution in [3.8, 4) is 0 Å². The zero-order chi connectivity index (χ0) is 8.91. The number of ether oxygens (including phenoxy) is 1. The van der Waals surface area contributed by atoms with Crippen molar-refractivity contribution < 1.29 is 17.9 Å². The molecule has 0 N–H and O–H groups in total. The van der Waals surface area contributed by atoms with E-state index >= 15 is 0 Å². The van der Waals surface area contributed by atoms with Crippen LogP contribution in [0.2, 0.25) is 0 Å². The maximum Gasteiger partial charge on any atom is 0.409 e. The van der Waals surface area contributed by atoms with Crippen LogP contribution in [0.25, 0.3) is 0 Å².